The molecule has 0 aromatic carbocycles. The van der Waals surface area contributed by atoms with Crippen LogP contribution < -0.4 is 5.73 Å². The highest BCUT2D eigenvalue weighted by Gasteiger charge is 2.29. The lowest BCUT2D eigenvalue weighted by Gasteiger charge is -2.30. The zero-order valence-corrected chi connectivity index (χ0v) is 10.9. The fraction of sp³-hybridized carbons (Fsp3) is 0.500. The molecular weight excluding hydrogens is 214 g/mol. The van der Waals surface area contributed by atoms with Gasteiger partial charge in [0.1, 0.15) is 6.04 Å². The van der Waals surface area contributed by atoms with E-state index in [1.807, 2.05) is 13.0 Å². The summed E-state index contributed by atoms with van der Waals surface area (Å²) in [5.74, 6) is -1.06. The van der Waals surface area contributed by atoms with Gasteiger partial charge in [0.15, 0.2) is 0 Å². The third-order valence-electron chi connectivity index (χ3n) is 3.03. The van der Waals surface area contributed by atoms with E-state index < -0.39 is 12.0 Å². The maximum absolute atomic E-state index is 10.8. The summed E-state index contributed by atoms with van der Waals surface area (Å²) in [6.07, 6.45) is 6.07. The summed E-state index contributed by atoms with van der Waals surface area (Å²) in [5.41, 5.74) is 6.49. The molecule has 0 aliphatic carbocycles. The number of carboxylic acids is 1. The highest BCUT2D eigenvalue weighted by molar-refractivity contribution is 5.73. The first-order chi connectivity index (χ1) is 7.76. The van der Waals surface area contributed by atoms with Gasteiger partial charge in [-0.05, 0) is 23.3 Å². The summed E-state index contributed by atoms with van der Waals surface area (Å²) in [6.45, 7) is 13.4. The van der Waals surface area contributed by atoms with E-state index in [1.54, 1.807) is 12.2 Å². The van der Waals surface area contributed by atoms with E-state index in [2.05, 4.69) is 27.0 Å². The van der Waals surface area contributed by atoms with Crippen LogP contribution in [0.2, 0.25) is 0 Å². The Balaban J connectivity index is 4.85. The van der Waals surface area contributed by atoms with Gasteiger partial charge in [-0.1, -0.05) is 52.2 Å². The Labute approximate surface area is 104 Å². The number of carboxylic acid groups (broad SMARTS) is 1. The molecule has 0 aromatic rings. The molecule has 0 fully saturated rings. The van der Waals surface area contributed by atoms with Crippen LogP contribution in [0.4, 0.5) is 0 Å². The van der Waals surface area contributed by atoms with Crippen LogP contribution in [0.3, 0.4) is 0 Å². The number of rotatable bonds is 7. The molecule has 3 heteroatoms. The van der Waals surface area contributed by atoms with Gasteiger partial charge in [-0.2, -0.15) is 0 Å². The highest BCUT2D eigenvalue weighted by atomic mass is 16.4. The van der Waals surface area contributed by atoms with E-state index in [1.165, 1.54) is 0 Å². The predicted octanol–water partition coefficient (Wildman–Crippen LogP) is 2.75. The molecule has 0 aliphatic heterocycles. The van der Waals surface area contributed by atoms with Crippen molar-refractivity contribution in [2.75, 3.05) is 0 Å². The first kappa shape index (κ1) is 15.7. The molecule has 0 saturated heterocycles. The van der Waals surface area contributed by atoms with E-state index in [9.17, 15) is 4.79 Å². The summed E-state index contributed by atoms with van der Waals surface area (Å²) in [4.78, 5) is 10.8. The van der Waals surface area contributed by atoms with E-state index in [4.69, 9.17) is 10.8 Å². The molecule has 0 amide bonds. The van der Waals surface area contributed by atoms with Gasteiger partial charge in [-0.3, -0.25) is 4.79 Å². The Kier molecular flexibility index (Phi) is 5.89. The molecule has 0 rings (SSSR count). The van der Waals surface area contributed by atoms with Crippen molar-refractivity contribution in [3.8, 4) is 0 Å². The van der Waals surface area contributed by atoms with Crippen molar-refractivity contribution in [2.45, 2.75) is 33.2 Å². The first-order valence-electron chi connectivity index (χ1n) is 5.70. The van der Waals surface area contributed by atoms with Gasteiger partial charge < -0.3 is 10.8 Å². The third kappa shape index (κ3) is 4.57. The van der Waals surface area contributed by atoms with Gasteiger partial charge in [0.25, 0.3) is 0 Å². The van der Waals surface area contributed by atoms with Crippen molar-refractivity contribution >= 4 is 5.97 Å². The van der Waals surface area contributed by atoms with Crippen LogP contribution in [0.25, 0.3) is 0 Å². The topological polar surface area (TPSA) is 63.3 Å². The van der Waals surface area contributed by atoms with Gasteiger partial charge in [-0.15, -0.1) is 0 Å². The minimum atomic E-state index is -0.957. The number of allylic oxidation sites excluding steroid dienone is 4. The van der Waals surface area contributed by atoms with Crippen molar-refractivity contribution in [3.05, 3.63) is 37.0 Å². The standard InChI is InChI=1S/C14H23NO2/c1-6-8-11(7-2)14(4,5)9-10(3)12(15)13(16)17/h6-8,10,12H,1-2,9,15H2,3-5H3,(H,16,17)/b11-8+. The van der Waals surface area contributed by atoms with Gasteiger partial charge >= 0.3 is 5.97 Å². The normalized spacial score (nSPS) is 16.1. The van der Waals surface area contributed by atoms with Crippen LogP contribution in [0.1, 0.15) is 27.2 Å². The minimum Gasteiger partial charge on any atom is -0.480 e. The molecular formula is C14H23NO2. The molecule has 17 heavy (non-hydrogen) atoms. The number of aliphatic carboxylic acids is 1. The summed E-state index contributed by atoms with van der Waals surface area (Å²) in [5, 5.41) is 8.87. The molecule has 96 valence electrons. The number of hydrogen-bond donors (Lipinski definition) is 2. The Morgan fingerprint density at radius 3 is 2.35 bits per heavy atom. The van der Waals surface area contributed by atoms with E-state index in [0.717, 1.165) is 5.57 Å². The Bertz CT molecular complexity index is 329. The van der Waals surface area contributed by atoms with Gasteiger partial charge in [0, 0.05) is 0 Å². The Morgan fingerprint density at radius 2 is 2.00 bits per heavy atom. The Hall–Kier alpha value is -1.35. The molecule has 0 saturated carbocycles. The molecule has 3 N–H and O–H groups in total. The summed E-state index contributed by atoms with van der Waals surface area (Å²) < 4.78 is 0. The van der Waals surface area contributed by atoms with Crippen LogP contribution in [0.15, 0.2) is 37.0 Å². The number of carbonyl (C=O) groups is 1. The summed E-state index contributed by atoms with van der Waals surface area (Å²) in [7, 11) is 0. The smallest absolute Gasteiger partial charge is 0.320 e. The van der Waals surface area contributed by atoms with Crippen molar-refractivity contribution in [1.29, 1.82) is 0 Å². The van der Waals surface area contributed by atoms with Crippen molar-refractivity contribution in [2.24, 2.45) is 17.1 Å². The quantitative estimate of drug-likeness (QED) is 0.669. The van der Waals surface area contributed by atoms with Crippen LogP contribution in [-0.2, 0) is 4.79 Å². The van der Waals surface area contributed by atoms with Crippen LogP contribution in [0.5, 0.6) is 0 Å². The molecule has 2 unspecified atom stereocenters. The minimum absolute atomic E-state index is 0.101. The number of nitrogens with two attached hydrogens (primary N) is 1. The average molecular weight is 237 g/mol. The largest absolute Gasteiger partial charge is 0.480 e. The van der Waals surface area contributed by atoms with Gasteiger partial charge in [-0.25, -0.2) is 0 Å². The van der Waals surface area contributed by atoms with Crippen molar-refractivity contribution in [1.82, 2.24) is 0 Å². The maximum atomic E-state index is 10.8. The lowest BCUT2D eigenvalue weighted by Crippen LogP contribution is -2.38. The molecule has 0 aromatic heterocycles. The predicted molar refractivity (Wildman–Crippen MR) is 71.7 cm³/mol. The number of hydrogen-bond acceptors (Lipinski definition) is 2. The molecule has 0 radical (unpaired) electrons. The van der Waals surface area contributed by atoms with E-state index in [-0.39, 0.29) is 11.3 Å². The van der Waals surface area contributed by atoms with Crippen LogP contribution in [0, 0.1) is 11.3 Å². The summed E-state index contributed by atoms with van der Waals surface area (Å²) >= 11 is 0. The zero-order valence-electron chi connectivity index (χ0n) is 10.9. The van der Waals surface area contributed by atoms with Crippen LogP contribution >= 0.6 is 0 Å². The molecule has 0 spiro atoms. The second kappa shape index (κ2) is 6.40. The molecule has 0 bridgehead atoms. The molecule has 2 atom stereocenters. The second-order valence-electron chi connectivity index (χ2n) is 4.99. The molecule has 0 heterocycles. The molecule has 3 nitrogen and oxygen atoms in total. The van der Waals surface area contributed by atoms with Crippen molar-refractivity contribution < 1.29 is 9.90 Å². The molecule has 0 aliphatic rings. The van der Waals surface area contributed by atoms with Crippen LogP contribution in [-0.4, -0.2) is 17.1 Å². The van der Waals surface area contributed by atoms with Crippen molar-refractivity contribution in [3.63, 3.8) is 0 Å². The monoisotopic (exact) mass is 237 g/mol. The zero-order chi connectivity index (χ0) is 13.6. The fourth-order valence-corrected chi connectivity index (χ4v) is 1.99. The second-order valence-corrected chi connectivity index (χ2v) is 4.99. The van der Waals surface area contributed by atoms with E-state index in [0.29, 0.717) is 6.42 Å². The fourth-order valence-electron chi connectivity index (χ4n) is 1.99. The average Bonchev–Trinajstić information content (AvgIpc) is 2.23. The summed E-state index contributed by atoms with van der Waals surface area (Å²) in [6, 6.07) is -0.830. The SMILES string of the molecule is C=C/C=C(\C=C)C(C)(C)CC(C)C(N)C(=O)O. The lowest BCUT2D eigenvalue weighted by atomic mass is 9.75. The first-order valence-corrected chi connectivity index (χ1v) is 5.70. The van der Waals surface area contributed by atoms with E-state index >= 15 is 0 Å². The van der Waals surface area contributed by atoms with Gasteiger partial charge in [0.2, 0.25) is 0 Å². The third-order valence-corrected chi connectivity index (χ3v) is 3.03. The van der Waals surface area contributed by atoms with Gasteiger partial charge in [0.05, 0.1) is 0 Å². The highest BCUT2D eigenvalue weighted by Crippen LogP contribution is 2.35. The Morgan fingerprint density at radius 1 is 1.47 bits per heavy atom. The maximum Gasteiger partial charge on any atom is 0.320 e. The lowest BCUT2D eigenvalue weighted by molar-refractivity contribution is -0.139.